The highest BCUT2D eigenvalue weighted by molar-refractivity contribution is 5.84. The number of rotatable bonds is 5. The Morgan fingerprint density at radius 2 is 1.88 bits per heavy atom. The van der Waals surface area contributed by atoms with Gasteiger partial charge in [0, 0.05) is 5.69 Å². The third-order valence-corrected chi connectivity index (χ3v) is 5.97. The van der Waals surface area contributed by atoms with Crippen molar-refractivity contribution in [1.29, 1.82) is 0 Å². The Bertz CT molecular complexity index is 1530. The van der Waals surface area contributed by atoms with Crippen LogP contribution in [0.15, 0.2) is 59.9 Å². The van der Waals surface area contributed by atoms with Gasteiger partial charge >= 0.3 is 0 Å². The summed E-state index contributed by atoms with van der Waals surface area (Å²) < 4.78 is 15.8. The fourth-order valence-electron chi connectivity index (χ4n) is 4.37. The lowest BCUT2D eigenvalue weighted by molar-refractivity contribution is 0.629. The quantitative estimate of drug-likeness (QED) is 0.401. The van der Waals surface area contributed by atoms with Crippen molar-refractivity contribution in [2.24, 2.45) is 0 Å². The highest BCUT2D eigenvalue weighted by Gasteiger charge is 2.22. The number of hydrogen-bond donors (Lipinski definition) is 2. The summed E-state index contributed by atoms with van der Waals surface area (Å²) in [5, 5.41) is 4.50. The Hall–Kier alpha value is -4.07. The summed E-state index contributed by atoms with van der Waals surface area (Å²) in [5.41, 5.74) is 4.49. The second kappa shape index (κ2) is 8.12. The normalized spacial score (nSPS) is 12.4. The number of pyridine rings is 1. The van der Waals surface area contributed by atoms with E-state index in [1.54, 1.807) is 17.0 Å². The zero-order valence-electron chi connectivity index (χ0n) is 18.6. The maximum atomic E-state index is 14.1. The first kappa shape index (κ1) is 20.8. The second-order valence-electron chi connectivity index (χ2n) is 8.11. The Morgan fingerprint density at radius 1 is 1.09 bits per heavy atom. The number of benzene rings is 2. The molecule has 2 N–H and O–H groups in total. The molecular formula is C25H23FN6O. The third kappa shape index (κ3) is 3.53. The van der Waals surface area contributed by atoms with Crippen molar-refractivity contribution < 1.29 is 4.39 Å². The lowest BCUT2D eigenvalue weighted by Gasteiger charge is -2.25. The fraction of sp³-hybridized carbons (Fsp3) is 0.200. The first-order valence-electron chi connectivity index (χ1n) is 10.8. The molecule has 0 fully saturated rings. The molecule has 0 saturated carbocycles. The van der Waals surface area contributed by atoms with Crippen molar-refractivity contribution in [3.8, 4) is 5.69 Å². The Kier molecular flexibility index (Phi) is 5.12. The summed E-state index contributed by atoms with van der Waals surface area (Å²) in [4.78, 5) is 29.6. The van der Waals surface area contributed by atoms with E-state index in [9.17, 15) is 9.18 Å². The minimum Gasteiger partial charge on any atom is -0.360 e. The molecule has 1 atom stereocenters. The minimum absolute atomic E-state index is 0.256. The van der Waals surface area contributed by atoms with Crippen molar-refractivity contribution in [2.75, 3.05) is 5.32 Å². The average Bonchev–Trinajstić information content (AvgIpc) is 3.29. The van der Waals surface area contributed by atoms with Gasteiger partial charge in [0.1, 0.15) is 17.7 Å². The van der Waals surface area contributed by atoms with Gasteiger partial charge in [-0.05, 0) is 55.0 Å². The lowest BCUT2D eigenvalue weighted by Crippen LogP contribution is -2.27. The van der Waals surface area contributed by atoms with Gasteiger partial charge in [0.2, 0.25) is 0 Å². The van der Waals surface area contributed by atoms with Crippen LogP contribution in [0.25, 0.3) is 27.6 Å². The van der Waals surface area contributed by atoms with Gasteiger partial charge in [-0.2, -0.15) is 0 Å². The predicted octanol–water partition coefficient (Wildman–Crippen LogP) is 4.98. The van der Waals surface area contributed by atoms with Crippen LogP contribution in [-0.2, 0) is 0 Å². The molecular weight excluding hydrogens is 419 g/mol. The smallest absolute Gasteiger partial charge is 0.263 e. The number of para-hydroxylation sites is 1. The van der Waals surface area contributed by atoms with Gasteiger partial charge in [0.25, 0.3) is 5.56 Å². The van der Waals surface area contributed by atoms with Gasteiger partial charge in [-0.1, -0.05) is 31.2 Å². The van der Waals surface area contributed by atoms with Crippen LogP contribution in [0.2, 0.25) is 0 Å². The number of aromatic amines is 1. The highest BCUT2D eigenvalue weighted by Crippen LogP contribution is 2.30. The summed E-state index contributed by atoms with van der Waals surface area (Å²) in [6.07, 6.45) is 3.71. The molecule has 0 bridgehead atoms. The maximum absolute atomic E-state index is 14.1. The van der Waals surface area contributed by atoms with E-state index in [0.29, 0.717) is 34.2 Å². The van der Waals surface area contributed by atoms with Crippen LogP contribution < -0.4 is 10.9 Å². The van der Waals surface area contributed by atoms with E-state index in [0.717, 1.165) is 22.5 Å². The number of anilines is 1. The molecule has 3 aromatic heterocycles. The number of nitrogens with zero attached hydrogens (tertiary/aromatic N) is 4. The lowest BCUT2D eigenvalue weighted by atomic mass is 10.0. The topological polar surface area (TPSA) is 88.5 Å². The SMILES string of the molecule is CC[C@H](Nc1ncnc2nc[nH]c12)c1cc2ccc(F)cc2c(=O)n1-c1c(C)cccc1C. The summed E-state index contributed by atoms with van der Waals surface area (Å²) in [5.74, 6) is 0.164. The van der Waals surface area contributed by atoms with E-state index in [1.807, 2.05) is 45.0 Å². The molecule has 0 aliphatic carbocycles. The first-order valence-corrected chi connectivity index (χ1v) is 10.8. The van der Waals surface area contributed by atoms with Crippen LogP contribution in [0.4, 0.5) is 10.2 Å². The Balaban J connectivity index is 1.78. The molecule has 2 aromatic carbocycles. The monoisotopic (exact) mass is 442 g/mol. The van der Waals surface area contributed by atoms with Crippen molar-refractivity contribution >= 4 is 27.8 Å². The van der Waals surface area contributed by atoms with Crippen molar-refractivity contribution in [3.05, 3.63) is 88.1 Å². The van der Waals surface area contributed by atoms with Crippen molar-refractivity contribution in [1.82, 2.24) is 24.5 Å². The van der Waals surface area contributed by atoms with Gasteiger partial charge in [0.05, 0.1) is 23.4 Å². The number of nitrogens with one attached hydrogen (secondary N) is 2. The summed E-state index contributed by atoms with van der Waals surface area (Å²) in [6, 6.07) is 11.9. The van der Waals surface area contributed by atoms with Gasteiger partial charge in [-0.3, -0.25) is 9.36 Å². The van der Waals surface area contributed by atoms with E-state index >= 15 is 0 Å². The molecule has 8 heteroatoms. The summed E-state index contributed by atoms with van der Waals surface area (Å²) >= 11 is 0. The Labute approximate surface area is 189 Å². The number of H-pyrrole nitrogens is 1. The molecule has 166 valence electrons. The number of aryl methyl sites for hydroxylation is 2. The van der Waals surface area contributed by atoms with Crippen molar-refractivity contribution in [2.45, 2.75) is 33.2 Å². The first-order chi connectivity index (χ1) is 16.0. The Morgan fingerprint density at radius 3 is 2.64 bits per heavy atom. The average molecular weight is 442 g/mol. The molecule has 0 aliphatic rings. The zero-order chi connectivity index (χ0) is 23.1. The summed E-state index contributed by atoms with van der Waals surface area (Å²) in [7, 11) is 0. The molecule has 0 aliphatic heterocycles. The van der Waals surface area contributed by atoms with Crippen LogP contribution >= 0.6 is 0 Å². The molecule has 0 saturated heterocycles. The van der Waals surface area contributed by atoms with Gasteiger partial charge in [-0.15, -0.1) is 0 Å². The molecule has 7 nitrogen and oxygen atoms in total. The van der Waals surface area contributed by atoms with Crippen LogP contribution in [0.3, 0.4) is 0 Å². The van der Waals surface area contributed by atoms with Gasteiger partial charge in [0.15, 0.2) is 11.5 Å². The van der Waals surface area contributed by atoms with E-state index in [4.69, 9.17) is 0 Å². The van der Waals surface area contributed by atoms with Crippen LogP contribution in [0.1, 0.15) is 36.2 Å². The molecule has 5 aromatic rings. The minimum atomic E-state index is -0.437. The van der Waals surface area contributed by atoms with E-state index in [1.165, 1.54) is 18.5 Å². The van der Waals surface area contributed by atoms with E-state index < -0.39 is 5.82 Å². The second-order valence-corrected chi connectivity index (χ2v) is 8.11. The number of hydrogen-bond acceptors (Lipinski definition) is 5. The molecule has 33 heavy (non-hydrogen) atoms. The van der Waals surface area contributed by atoms with Gasteiger partial charge < -0.3 is 10.3 Å². The van der Waals surface area contributed by atoms with Crippen LogP contribution in [-0.4, -0.2) is 24.5 Å². The highest BCUT2D eigenvalue weighted by atomic mass is 19.1. The molecule has 5 rings (SSSR count). The van der Waals surface area contributed by atoms with Crippen LogP contribution in [0.5, 0.6) is 0 Å². The molecule has 0 unspecified atom stereocenters. The fourth-order valence-corrected chi connectivity index (χ4v) is 4.37. The number of halogens is 1. The van der Waals surface area contributed by atoms with E-state index in [-0.39, 0.29) is 11.6 Å². The van der Waals surface area contributed by atoms with E-state index in [2.05, 4.69) is 25.3 Å². The number of fused-ring (bicyclic) bond motifs is 2. The molecule has 0 spiro atoms. The standard InChI is InChI=1S/C25H23FN6O/c1-4-19(31-24-21-23(28-12-27-21)29-13-30-24)20-10-16-8-9-17(26)11-18(16)25(33)32(20)22-14(2)6-5-7-15(22)3/h5-13,19H,4H2,1-3H3,(H2,27,28,29,30,31)/t19-/m0/s1. The summed E-state index contributed by atoms with van der Waals surface area (Å²) in [6.45, 7) is 5.99. The third-order valence-electron chi connectivity index (χ3n) is 5.97. The van der Waals surface area contributed by atoms with Gasteiger partial charge in [-0.25, -0.2) is 19.3 Å². The van der Waals surface area contributed by atoms with Crippen molar-refractivity contribution in [3.63, 3.8) is 0 Å². The molecule has 0 amide bonds. The number of imidazole rings is 1. The molecule has 3 heterocycles. The maximum Gasteiger partial charge on any atom is 0.263 e. The van der Waals surface area contributed by atoms with Crippen LogP contribution in [0, 0.1) is 19.7 Å². The predicted molar refractivity (Wildman–Crippen MR) is 127 cm³/mol. The zero-order valence-corrected chi connectivity index (χ0v) is 18.6. The molecule has 0 radical (unpaired) electrons. The largest absolute Gasteiger partial charge is 0.360 e. The number of aromatic nitrogens is 5.